The predicted octanol–water partition coefficient (Wildman–Crippen LogP) is 1.48. The Labute approximate surface area is 131 Å². The fourth-order valence-corrected chi connectivity index (χ4v) is 2.95. The van der Waals surface area contributed by atoms with Crippen LogP contribution in [0.1, 0.15) is 11.5 Å². The van der Waals surface area contributed by atoms with Crippen molar-refractivity contribution in [2.24, 2.45) is 5.73 Å². The fourth-order valence-electron chi connectivity index (χ4n) is 2.82. The van der Waals surface area contributed by atoms with Crippen molar-refractivity contribution in [2.75, 3.05) is 13.1 Å². The van der Waals surface area contributed by atoms with Crippen molar-refractivity contribution in [3.8, 4) is 6.07 Å². The van der Waals surface area contributed by atoms with Gasteiger partial charge in [0.15, 0.2) is 5.82 Å². The topological polar surface area (TPSA) is 108 Å². The van der Waals surface area contributed by atoms with Crippen molar-refractivity contribution in [1.29, 1.82) is 5.26 Å². The molecule has 3 N–H and O–H groups in total. The van der Waals surface area contributed by atoms with E-state index in [1.807, 2.05) is 6.07 Å². The number of allylic oxidation sites excluding steroid dienone is 1. The first-order chi connectivity index (χ1) is 10.5. The van der Waals surface area contributed by atoms with Gasteiger partial charge in [0.1, 0.15) is 11.7 Å². The zero-order chi connectivity index (χ0) is 15.9. The quantitative estimate of drug-likeness (QED) is 0.632. The number of fused-ring (bicyclic) bond motifs is 1. The van der Waals surface area contributed by atoms with Gasteiger partial charge in [-0.15, -0.1) is 0 Å². The van der Waals surface area contributed by atoms with Gasteiger partial charge >= 0.3 is 0 Å². The van der Waals surface area contributed by atoms with Gasteiger partial charge in [-0.25, -0.2) is 0 Å². The first kappa shape index (κ1) is 14.2. The molecule has 0 bridgehead atoms. The molecular formula is C14H12ClN5O2. The first-order valence-electron chi connectivity index (χ1n) is 6.59. The summed E-state index contributed by atoms with van der Waals surface area (Å²) < 4.78 is 0. The van der Waals surface area contributed by atoms with Crippen molar-refractivity contribution < 1.29 is 4.92 Å². The van der Waals surface area contributed by atoms with E-state index in [0.717, 1.165) is 0 Å². The molecule has 1 fully saturated rings. The Morgan fingerprint density at radius 1 is 1.45 bits per heavy atom. The van der Waals surface area contributed by atoms with Crippen molar-refractivity contribution in [2.45, 2.75) is 5.92 Å². The van der Waals surface area contributed by atoms with Gasteiger partial charge in [0.2, 0.25) is 0 Å². The number of nitriles is 1. The molecule has 3 rings (SSSR count). The maximum absolute atomic E-state index is 11.6. The highest BCUT2D eigenvalue weighted by Gasteiger charge is 2.44. The van der Waals surface area contributed by atoms with Crippen LogP contribution in [0.25, 0.3) is 0 Å². The average Bonchev–Trinajstić information content (AvgIpc) is 2.97. The van der Waals surface area contributed by atoms with E-state index in [9.17, 15) is 15.4 Å². The zero-order valence-corrected chi connectivity index (χ0v) is 12.2. The molecule has 112 valence electrons. The van der Waals surface area contributed by atoms with Crippen LogP contribution in [-0.4, -0.2) is 22.9 Å². The second kappa shape index (κ2) is 5.24. The Hall–Kier alpha value is -2.72. The third-order valence-electron chi connectivity index (χ3n) is 3.79. The fraction of sp³-hybridized carbons (Fsp3) is 0.214. The lowest BCUT2D eigenvalue weighted by molar-refractivity contribution is -0.432. The van der Waals surface area contributed by atoms with Crippen LogP contribution in [0.15, 0.2) is 47.2 Å². The number of halogens is 1. The Kier molecular flexibility index (Phi) is 3.39. The SMILES string of the molecule is N#CC1=C(N)N2CCNC2=C([N+](=O)[O-])C1c1ccc(Cl)cc1. The molecule has 1 unspecified atom stereocenters. The molecule has 7 nitrogen and oxygen atoms in total. The number of rotatable bonds is 2. The minimum atomic E-state index is -0.811. The molecule has 8 heteroatoms. The Morgan fingerprint density at radius 2 is 2.14 bits per heavy atom. The minimum Gasteiger partial charge on any atom is -0.384 e. The van der Waals surface area contributed by atoms with Gasteiger partial charge in [-0.3, -0.25) is 10.1 Å². The van der Waals surface area contributed by atoms with Crippen LogP contribution in [0, 0.1) is 21.4 Å². The summed E-state index contributed by atoms with van der Waals surface area (Å²) in [5.74, 6) is -0.191. The first-order valence-corrected chi connectivity index (χ1v) is 6.97. The van der Waals surface area contributed by atoms with Crippen molar-refractivity contribution in [3.05, 3.63) is 67.9 Å². The summed E-state index contributed by atoms with van der Waals surface area (Å²) in [6.45, 7) is 1.04. The van der Waals surface area contributed by atoms with E-state index in [1.165, 1.54) is 0 Å². The molecule has 1 saturated heterocycles. The lowest BCUT2D eigenvalue weighted by Crippen LogP contribution is -2.36. The summed E-state index contributed by atoms with van der Waals surface area (Å²) in [4.78, 5) is 12.7. The number of nitrogens with one attached hydrogen (secondary N) is 1. The highest BCUT2D eigenvalue weighted by molar-refractivity contribution is 6.30. The summed E-state index contributed by atoms with van der Waals surface area (Å²) in [7, 11) is 0. The van der Waals surface area contributed by atoms with Gasteiger partial charge in [0.25, 0.3) is 5.70 Å². The molecular weight excluding hydrogens is 306 g/mol. The predicted molar refractivity (Wildman–Crippen MR) is 79.7 cm³/mol. The van der Waals surface area contributed by atoms with Gasteiger partial charge < -0.3 is 16.0 Å². The monoisotopic (exact) mass is 317 g/mol. The summed E-state index contributed by atoms with van der Waals surface area (Å²) in [5.41, 5.74) is 6.78. The number of hydrogen-bond acceptors (Lipinski definition) is 6. The van der Waals surface area contributed by atoms with E-state index < -0.39 is 10.8 Å². The molecule has 2 heterocycles. The molecule has 0 aromatic heterocycles. The van der Waals surface area contributed by atoms with Crippen LogP contribution in [0.4, 0.5) is 0 Å². The Morgan fingerprint density at radius 3 is 2.73 bits per heavy atom. The highest BCUT2D eigenvalue weighted by Crippen LogP contribution is 2.40. The molecule has 2 aliphatic heterocycles. The van der Waals surface area contributed by atoms with Crippen LogP contribution in [-0.2, 0) is 0 Å². The van der Waals surface area contributed by atoms with Gasteiger partial charge in [-0.05, 0) is 17.7 Å². The minimum absolute atomic E-state index is 0.0643. The second-order valence-electron chi connectivity index (χ2n) is 4.96. The molecule has 0 saturated carbocycles. The third-order valence-corrected chi connectivity index (χ3v) is 4.04. The summed E-state index contributed by atoms with van der Waals surface area (Å²) >= 11 is 5.87. The number of nitrogens with zero attached hydrogens (tertiary/aromatic N) is 3. The molecule has 22 heavy (non-hydrogen) atoms. The number of nitrogens with two attached hydrogens (primary N) is 1. The molecule has 1 atom stereocenters. The van der Waals surface area contributed by atoms with E-state index in [2.05, 4.69) is 5.32 Å². The van der Waals surface area contributed by atoms with Crippen LogP contribution in [0.5, 0.6) is 0 Å². The number of nitro groups is 1. The van der Waals surface area contributed by atoms with Crippen molar-refractivity contribution in [3.63, 3.8) is 0 Å². The molecule has 1 aromatic carbocycles. The zero-order valence-electron chi connectivity index (χ0n) is 11.4. The second-order valence-corrected chi connectivity index (χ2v) is 5.40. The normalized spacial score (nSPS) is 20.5. The van der Waals surface area contributed by atoms with E-state index in [-0.39, 0.29) is 17.1 Å². The lowest BCUT2D eigenvalue weighted by Gasteiger charge is -2.29. The van der Waals surface area contributed by atoms with Crippen LogP contribution in [0.3, 0.4) is 0 Å². The van der Waals surface area contributed by atoms with E-state index in [1.54, 1.807) is 29.2 Å². The lowest BCUT2D eigenvalue weighted by atomic mass is 9.86. The van der Waals surface area contributed by atoms with E-state index in [4.69, 9.17) is 17.3 Å². The standard InChI is InChI=1S/C14H12ClN5O2/c15-9-3-1-8(2-4-9)11-10(7-16)13(17)19-6-5-18-14(19)12(11)20(21)22/h1-4,11,18H,5-6,17H2. The van der Waals surface area contributed by atoms with Gasteiger partial charge in [0, 0.05) is 18.1 Å². The maximum Gasteiger partial charge on any atom is 0.299 e. The smallest absolute Gasteiger partial charge is 0.299 e. The summed E-state index contributed by atoms with van der Waals surface area (Å²) in [6.07, 6.45) is 0. The van der Waals surface area contributed by atoms with Crippen LogP contribution >= 0.6 is 11.6 Å². The number of hydrogen-bond donors (Lipinski definition) is 2. The van der Waals surface area contributed by atoms with Crippen molar-refractivity contribution >= 4 is 11.6 Å². The molecule has 0 aliphatic carbocycles. The molecule has 0 radical (unpaired) electrons. The molecule has 2 aliphatic rings. The van der Waals surface area contributed by atoms with Gasteiger partial charge in [-0.2, -0.15) is 5.26 Å². The van der Waals surface area contributed by atoms with E-state index in [0.29, 0.717) is 29.5 Å². The maximum atomic E-state index is 11.6. The van der Waals surface area contributed by atoms with Crippen molar-refractivity contribution in [1.82, 2.24) is 10.2 Å². The summed E-state index contributed by atoms with van der Waals surface area (Å²) in [6, 6.07) is 8.65. The molecule has 0 spiro atoms. The van der Waals surface area contributed by atoms with Gasteiger partial charge in [-0.1, -0.05) is 23.7 Å². The third kappa shape index (κ3) is 2.05. The Balaban J connectivity index is 2.23. The van der Waals surface area contributed by atoms with Crippen LogP contribution in [0.2, 0.25) is 5.02 Å². The molecule has 1 aromatic rings. The number of benzene rings is 1. The molecule has 0 amide bonds. The largest absolute Gasteiger partial charge is 0.384 e. The average molecular weight is 318 g/mol. The van der Waals surface area contributed by atoms with Crippen LogP contribution < -0.4 is 11.1 Å². The Bertz CT molecular complexity index is 747. The van der Waals surface area contributed by atoms with Gasteiger partial charge in [0.05, 0.1) is 16.6 Å². The highest BCUT2D eigenvalue weighted by atomic mass is 35.5. The summed E-state index contributed by atoms with van der Waals surface area (Å²) in [5, 5.41) is 24.6. The van der Waals surface area contributed by atoms with E-state index >= 15 is 0 Å².